The van der Waals surface area contributed by atoms with Gasteiger partial charge in [0.1, 0.15) is 5.54 Å². The lowest BCUT2D eigenvalue weighted by Gasteiger charge is -2.37. The average Bonchev–Trinajstić information content (AvgIpc) is 3.45. The smallest absolute Gasteiger partial charge is 0.322 e. The van der Waals surface area contributed by atoms with E-state index < -0.39 is 5.54 Å². The molecule has 8 heteroatoms. The molecule has 3 saturated heterocycles. The van der Waals surface area contributed by atoms with Crippen molar-refractivity contribution in [2.45, 2.75) is 113 Å². The molecule has 4 N–H and O–H groups in total. The Morgan fingerprint density at radius 3 is 1.27 bits per heavy atom. The van der Waals surface area contributed by atoms with Crippen molar-refractivity contribution in [3.8, 4) is 0 Å². The van der Waals surface area contributed by atoms with Gasteiger partial charge in [0.05, 0.1) is 0 Å². The second-order valence-electron chi connectivity index (χ2n) is 13.0. The maximum Gasteiger partial charge on any atom is 0.322 e. The first kappa shape index (κ1) is 32.9. The first-order chi connectivity index (χ1) is 16.9. The zero-order valence-corrected chi connectivity index (χ0v) is 25.4. The molecular formula is C29H54N4O4. The third-order valence-electron chi connectivity index (χ3n) is 9.35. The Bertz CT molecular complexity index is 764. The molecule has 3 aliphatic heterocycles. The van der Waals surface area contributed by atoms with E-state index in [0.29, 0.717) is 36.5 Å². The van der Waals surface area contributed by atoms with Gasteiger partial charge in [-0.05, 0) is 41.9 Å². The first-order valence-corrected chi connectivity index (χ1v) is 14.1. The van der Waals surface area contributed by atoms with Crippen LogP contribution in [0.5, 0.6) is 0 Å². The van der Waals surface area contributed by atoms with E-state index in [1.54, 1.807) is 0 Å². The van der Waals surface area contributed by atoms with Crippen molar-refractivity contribution in [1.82, 2.24) is 21.3 Å². The monoisotopic (exact) mass is 522 g/mol. The van der Waals surface area contributed by atoms with Crippen molar-refractivity contribution < 1.29 is 19.2 Å². The summed E-state index contributed by atoms with van der Waals surface area (Å²) in [6, 6.07) is -0.382. The van der Waals surface area contributed by atoms with Crippen LogP contribution in [0.3, 0.4) is 0 Å². The topological polar surface area (TPSA) is 116 Å². The van der Waals surface area contributed by atoms with Gasteiger partial charge >= 0.3 is 6.03 Å². The SMILES string of the molecule is CC(C)C1(C(C)C)CCC(=O)N1.CC(C)C1(C(C)C)CNC(=O)C1.CC(C)C1(C(C)C)NC(=O)NC1=O. The summed E-state index contributed by atoms with van der Waals surface area (Å²) in [6.07, 6.45) is 2.42. The molecule has 214 valence electrons. The third-order valence-corrected chi connectivity index (χ3v) is 9.35. The Morgan fingerprint density at radius 2 is 1.11 bits per heavy atom. The number of hydrogen-bond acceptors (Lipinski definition) is 4. The Kier molecular flexibility index (Phi) is 11.2. The number of carbonyl (C=O) groups is 4. The lowest BCUT2D eigenvalue weighted by Crippen LogP contribution is -2.55. The molecule has 3 heterocycles. The number of rotatable bonds is 6. The molecule has 0 atom stereocenters. The average molecular weight is 523 g/mol. The van der Waals surface area contributed by atoms with E-state index in [9.17, 15) is 19.2 Å². The van der Waals surface area contributed by atoms with Gasteiger partial charge in [0, 0.05) is 30.3 Å². The Hall–Kier alpha value is -2.12. The van der Waals surface area contributed by atoms with Crippen LogP contribution in [-0.2, 0) is 14.4 Å². The first-order valence-electron chi connectivity index (χ1n) is 14.1. The summed E-state index contributed by atoms with van der Waals surface area (Å²) >= 11 is 0. The van der Waals surface area contributed by atoms with E-state index in [-0.39, 0.29) is 46.5 Å². The molecule has 37 heavy (non-hydrogen) atoms. The predicted octanol–water partition coefficient (Wildman–Crippen LogP) is 4.63. The zero-order chi connectivity index (χ0) is 28.9. The van der Waals surface area contributed by atoms with Gasteiger partial charge in [0.15, 0.2) is 0 Å². The van der Waals surface area contributed by atoms with E-state index in [1.807, 2.05) is 27.7 Å². The van der Waals surface area contributed by atoms with E-state index in [4.69, 9.17) is 0 Å². The maximum atomic E-state index is 11.6. The van der Waals surface area contributed by atoms with Crippen molar-refractivity contribution in [1.29, 1.82) is 0 Å². The largest absolute Gasteiger partial charge is 0.355 e. The van der Waals surface area contributed by atoms with Crippen molar-refractivity contribution in [2.24, 2.45) is 40.9 Å². The molecule has 3 aliphatic rings. The van der Waals surface area contributed by atoms with E-state index in [0.717, 1.165) is 13.0 Å². The van der Waals surface area contributed by atoms with Crippen LogP contribution in [-0.4, -0.2) is 41.4 Å². The molecule has 0 bridgehead atoms. The van der Waals surface area contributed by atoms with E-state index >= 15 is 0 Å². The van der Waals surface area contributed by atoms with Crippen LogP contribution in [0.25, 0.3) is 0 Å². The minimum atomic E-state index is -0.725. The Labute approximate surface area is 225 Å². The minimum Gasteiger partial charge on any atom is -0.355 e. The van der Waals surface area contributed by atoms with Crippen LogP contribution in [0.4, 0.5) is 4.79 Å². The quantitative estimate of drug-likeness (QED) is 0.381. The Morgan fingerprint density at radius 1 is 0.622 bits per heavy atom. The van der Waals surface area contributed by atoms with Crippen molar-refractivity contribution in [2.75, 3.05) is 6.54 Å². The van der Waals surface area contributed by atoms with Gasteiger partial charge in [-0.3, -0.25) is 19.7 Å². The van der Waals surface area contributed by atoms with E-state index in [1.165, 1.54) is 0 Å². The molecule has 3 fully saturated rings. The molecule has 0 spiro atoms. The predicted molar refractivity (Wildman–Crippen MR) is 149 cm³/mol. The summed E-state index contributed by atoms with van der Waals surface area (Å²) < 4.78 is 0. The molecule has 8 nitrogen and oxygen atoms in total. The second-order valence-corrected chi connectivity index (χ2v) is 13.0. The molecule has 0 aromatic carbocycles. The van der Waals surface area contributed by atoms with Gasteiger partial charge < -0.3 is 16.0 Å². The van der Waals surface area contributed by atoms with Crippen molar-refractivity contribution >= 4 is 23.8 Å². The molecule has 0 aliphatic carbocycles. The third kappa shape index (κ3) is 6.85. The summed E-state index contributed by atoms with van der Waals surface area (Å²) in [5.41, 5.74) is -0.453. The zero-order valence-electron chi connectivity index (χ0n) is 25.4. The number of nitrogens with one attached hydrogen (secondary N) is 4. The normalized spacial score (nSPS) is 21.6. The van der Waals surface area contributed by atoms with Gasteiger partial charge in [0.25, 0.3) is 5.91 Å². The number of hydrogen-bond donors (Lipinski definition) is 4. The van der Waals surface area contributed by atoms with Crippen molar-refractivity contribution in [3.63, 3.8) is 0 Å². The van der Waals surface area contributed by atoms with Crippen molar-refractivity contribution in [3.05, 3.63) is 0 Å². The Balaban J connectivity index is 0.000000278. The minimum absolute atomic E-state index is 0.0666. The van der Waals surface area contributed by atoms with Crippen LogP contribution in [0.1, 0.15) is 102 Å². The standard InChI is InChI=1S/2C10H19NO.C9H16N2O2/c1-7(2)10(8(3)4)5-9(12)11-6-10;1-7(2)10(8(3)4)6-5-9(12)11-10;1-5(2)9(6(3)4)7(12)10-8(13)11-9/h2*7-8H,5-6H2,1-4H3,(H,11,12);5-6H,1-4H3,(H2,10,11,12,13). The maximum absolute atomic E-state index is 11.6. The van der Waals surface area contributed by atoms with Gasteiger partial charge in [-0.15, -0.1) is 0 Å². The molecule has 0 radical (unpaired) electrons. The van der Waals surface area contributed by atoms with Crippen LogP contribution in [0.15, 0.2) is 0 Å². The fourth-order valence-corrected chi connectivity index (χ4v) is 6.37. The highest BCUT2D eigenvalue weighted by Crippen LogP contribution is 2.41. The van der Waals surface area contributed by atoms with Crippen LogP contribution < -0.4 is 21.3 Å². The molecule has 0 aromatic heterocycles. The van der Waals surface area contributed by atoms with Crippen LogP contribution >= 0.6 is 0 Å². The molecule has 5 amide bonds. The van der Waals surface area contributed by atoms with Crippen LogP contribution in [0, 0.1) is 40.9 Å². The highest BCUT2D eigenvalue weighted by atomic mass is 16.2. The van der Waals surface area contributed by atoms with Gasteiger partial charge in [-0.25, -0.2) is 4.79 Å². The number of amides is 5. The molecule has 0 unspecified atom stereocenters. The van der Waals surface area contributed by atoms with Gasteiger partial charge in [-0.2, -0.15) is 0 Å². The molecule has 3 rings (SSSR count). The summed E-state index contributed by atoms with van der Waals surface area (Å²) in [5.74, 6) is 2.65. The summed E-state index contributed by atoms with van der Waals surface area (Å²) in [4.78, 5) is 44.9. The van der Waals surface area contributed by atoms with Gasteiger partial charge in [-0.1, -0.05) is 83.1 Å². The lowest BCUT2D eigenvalue weighted by molar-refractivity contribution is -0.127. The number of urea groups is 1. The summed E-state index contributed by atoms with van der Waals surface area (Å²) in [6.45, 7) is 26.2. The fourth-order valence-electron chi connectivity index (χ4n) is 6.37. The van der Waals surface area contributed by atoms with Crippen LogP contribution in [0.2, 0.25) is 0 Å². The van der Waals surface area contributed by atoms with Gasteiger partial charge in [0.2, 0.25) is 11.8 Å². The molecule has 0 aromatic rings. The summed E-state index contributed by atoms with van der Waals surface area (Å²) in [5, 5.41) is 11.1. The summed E-state index contributed by atoms with van der Waals surface area (Å²) in [7, 11) is 0. The molecular weight excluding hydrogens is 468 g/mol. The number of imide groups is 1. The highest BCUT2D eigenvalue weighted by molar-refractivity contribution is 6.07. The lowest BCUT2D eigenvalue weighted by atomic mass is 9.68. The number of carbonyl (C=O) groups excluding carboxylic acids is 4. The van der Waals surface area contributed by atoms with E-state index in [2.05, 4.69) is 76.7 Å². The second kappa shape index (κ2) is 12.6. The molecule has 0 saturated carbocycles. The fraction of sp³-hybridized carbons (Fsp3) is 0.862. The highest BCUT2D eigenvalue weighted by Gasteiger charge is 2.50.